The lowest BCUT2D eigenvalue weighted by Gasteiger charge is -2.37. The second-order valence-electron chi connectivity index (χ2n) is 11.5. The third-order valence-electron chi connectivity index (χ3n) is 7.87. The van der Waals surface area contributed by atoms with E-state index in [4.69, 9.17) is 9.16 Å². The Morgan fingerprint density at radius 2 is 1.68 bits per heavy atom. The summed E-state index contributed by atoms with van der Waals surface area (Å²) in [6.45, 7) is 15.8. The molecule has 10 heteroatoms. The van der Waals surface area contributed by atoms with Gasteiger partial charge in [-0.3, -0.25) is 4.79 Å². The number of carbonyl (C=O) groups excluding carboxylic acids is 1. The number of ether oxygens (including phenoxy) is 1. The van der Waals surface area contributed by atoms with Gasteiger partial charge in [-0.25, -0.2) is 14.4 Å². The molecule has 0 spiro atoms. The van der Waals surface area contributed by atoms with E-state index in [1.54, 1.807) is 19.3 Å². The Morgan fingerprint density at radius 3 is 2.29 bits per heavy atom. The van der Waals surface area contributed by atoms with Gasteiger partial charge >= 0.3 is 6.01 Å². The number of anilines is 2. The Labute approximate surface area is 227 Å². The van der Waals surface area contributed by atoms with Crippen LogP contribution in [0.3, 0.4) is 0 Å². The van der Waals surface area contributed by atoms with Crippen molar-refractivity contribution in [1.29, 1.82) is 0 Å². The number of piperidine rings is 1. The fourth-order valence-electron chi connectivity index (χ4n) is 4.75. The summed E-state index contributed by atoms with van der Waals surface area (Å²) in [5.41, 5.74) is 2.21. The molecule has 0 bridgehead atoms. The van der Waals surface area contributed by atoms with Gasteiger partial charge in [-0.2, -0.15) is 0 Å². The number of piperazine rings is 1. The first-order valence-electron chi connectivity index (χ1n) is 13.7. The number of hydrogen-bond acceptors (Lipinski definition) is 7. The zero-order valence-electron chi connectivity index (χ0n) is 23.5. The molecule has 1 unspecified atom stereocenters. The van der Waals surface area contributed by atoms with Crippen LogP contribution in [-0.4, -0.2) is 75.7 Å². The van der Waals surface area contributed by atoms with Gasteiger partial charge in [-0.15, -0.1) is 0 Å². The lowest BCUT2D eigenvalue weighted by molar-refractivity contribution is -0.130. The van der Waals surface area contributed by atoms with Crippen LogP contribution in [0.2, 0.25) is 11.6 Å². The van der Waals surface area contributed by atoms with Gasteiger partial charge in [0.1, 0.15) is 0 Å². The summed E-state index contributed by atoms with van der Waals surface area (Å²) in [6, 6.07) is 5.99. The van der Waals surface area contributed by atoms with Crippen LogP contribution in [0.25, 0.3) is 0 Å². The van der Waals surface area contributed by atoms with Gasteiger partial charge in [0.25, 0.3) is 0 Å². The van der Waals surface area contributed by atoms with Crippen molar-refractivity contribution in [3.63, 3.8) is 0 Å². The van der Waals surface area contributed by atoms with Crippen LogP contribution in [0.1, 0.15) is 46.1 Å². The minimum absolute atomic E-state index is 0.139. The predicted octanol–water partition coefficient (Wildman–Crippen LogP) is 4.25. The SMILES string of the molecule is CC(=O)N1CCC(COc2ncc(N3CCN(c4cccc(CO[SiH](C)C(C)(C)C)c4F)CC3)cn2)CC1. The van der Waals surface area contributed by atoms with E-state index in [0.717, 1.165) is 44.7 Å². The highest BCUT2D eigenvalue weighted by Gasteiger charge is 2.25. The van der Waals surface area contributed by atoms with Crippen LogP contribution < -0.4 is 14.5 Å². The quantitative estimate of drug-likeness (QED) is 0.461. The monoisotopic (exact) mass is 543 g/mol. The highest BCUT2D eigenvalue weighted by Crippen LogP contribution is 2.30. The van der Waals surface area contributed by atoms with Crippen molar-refractivity contribution in [2.24, 2.45) is 5.92 Å². The molecule has 0 aliphatic carbocycles. The summed E-state index contributed by atoms with van der Waals surface area (Å²) in [5.74, 6) is 0.379. The van der Waals surface area contributed by atoms with E-state index < -0.39 is 9.04 Å². The minimum atomic E-state index is -1.42. The predicted molar refractivity (Wildman–Crippen MR) is 151 cm³/mol. The zero-order chi connectivity index (χ0) is 27.3. The van der Waals surface area contributed by atoms with Crippen LogP contribution in [-0.2, 0) is 15.8 Å². The largest absolute Gasteiger partial charge is 0.463 e. The van der Waals surface area contributed by atoms with Crippen LogP contribution in [0.15, 0.2) is 30.6 Å². The van der Waals surface area contributed by atoms with Crippen LogP contribution in [0.4, 0.5) is 15.8 Å². The average molecular weight is 544 g/mol. The van der Waals surface area contributed by atoms with E-state index in [9.17, 15) is 4.79 Å². The van der Waals surface area contributed by atoms with Crippen molar-refractivity contribution in [2.75, 3.05) is 55.7 Å². The Balaban J connectivity index is 1.26. The topological polar surface area (TPSA) is 71.0 Å². The molecule has 4 rings (SSSR count). The summed E-state index contributed by atoms with van der Waals surface area (Å²) < 4.78 is 27.3. The molecule has 2 fully saturated rings. The zero-order valence-corrected chi connectivity index (χ0v) is 24.6. The second kappa shape index (κ2) is 12.4. The van der Waals surface area contributed by atoms with Crippen molar-refractivity contribution >= 4 is 26.3 Å². The fourth-order valence-corrected chi connectivity index (χ4v) is 5.68. The van der Waals surface area contributed by atoms with Crippen molar-refractivity contribution in [3.05, 3.63) is 42.0 Å². The van der Waals surface area contributed by atoms with Crippen LogP contribution in [0, 0.1) is 11.7 Å². The van der Waals surface area contributed by atoms with E-state index in [0.29, 0.717) is 49.5 Å². The fraction of sp³-hybridized carbons (Fsp3) is 0.607. The maximum absolute atomic E-state index is 15.4. The number of carbonyl (C=O) groups is 1. The highest BCUT2D eigenvalue weighted by molar-refractivity contribution is 6.53. The minimum Gasteiger partial charge on any atom is -0.463 e. The Hall–Kier alpha value is -2.72. The Bertz CT molecular complexity index is 1070. The third kappa shape index (κ3) is 7.22. The number of rotatable bonds is 8. The molecule has 3 heterocycles. The van der Waals surface area contributed by atoms with Crippen LogP contribution in [0.5, 0.6) is 6.01 Å². The molecule has 2 aliphatic rings. The van der Waals surface area contributed by atoms with E-state index >= 15 is 4.39 Å². The van der Waals surface area contributed by atoms with E-state index in [1.165, 1.54) is 0 Å². The van der Waals surface area contributed by atoms with Gasteiger partial charge < -0.3 is 23.9 Å². The number of likely N-dealkylation sites (tertiary alicyclic amines) is 1. The number of aromatic nitrogens is 2. The summed E-state index contributed by atoms with van der Waals surface area (Å²) in [5, 5.41) is 0.146. The molecule has 2 saturated heterocycles. The third-order valence-corrected chi connectivity index (χ3v) is 11.0. The van der Waals surface area contributed by atoms with Gasteiger partial charge in [0.2, 0.25) is 5.91 Å². The first kappa shape index (κ1) is 28.3. The summed E-state index contributed by atoms with van der Waals surface area (Å²) >= 11 is 0. The number of amides is 1. The number of halogens is 1. The standard InChI is InChI=1S/C28H42FN5O3Si/c1-21(35)32-11-9-22(10-12-32)19-36-27-30-17-24(18-31-27)33-13-15-34(16-14-33)25-8-6-7-23(26(25)29)20-37-38(5)28(2,3)4/h6-8,17-18,22,38H,9-16,19-20H2,1-5H3. The molecule has 38 heavy (non-hydrogen) atoms. The molecule has 2 aliphatic heterocycles. The molecule has 0 saturated carbocycles. The lowest BCUT2D eigenvalue weighted by atomic mass is 9.98. The van der Waals surface area contributed by atoms with E-state index in [1.807, 2.05) is 23.1 Å². The average Bonchev–Trinajstić information content (AvgIpc) is 2.91. The van der Waals surface area contributed by atoms with Crippen molar-refractivity contribution in [2.45, 2.75) is 58.7 Å². The first-order chi connectivity index (χ1) is 18.1. The van der Waals surface area contributed by atoms with Gasteiger partial charge in [0.05, 0.1) is 37.0 Å². The van der Waals surface area contributed by atoms with E-state index in [-0.39, 0.29) is 16.8 Å². The Kier molecular flexibility index (Phi) is 9.25. The van der Waals surface area contributed by atoms with E-state index in [2.05, 4.69) is 47.1 Å². The van der Waals surface area contributed by atoms with Gasteiger partial charge in [0, 0.05) is 51.8 Å². The van der Waals surface area contributed by atoms with Crippen LogP contribution >= 0.6 is 0 Å². The van der Waals surface area contributed by atoms with Gasteiger partial charge in [0.15, 0.2) is 14.9 Å². The summed E-state index contributed by atoms with van der Waals surface area (Å²) in [4.78, 5) is 26.5. The molecule has 8 nitrogen and oxygen atoms in total. The van der Waals surface area contributed by atoms with Crippen molar-refractivity contribution in [3.8, 4) is 6.01 Å². The molecule has 0 radical (unpaired) electrons. The highest BCUT2D eigenvalue weighted by atomic mass is 28.3. The normalized spacial score (nSPS) is 18.0. The molecule has 1 atom stereocenters. The molecular formula is C28H42FN5O3Si. The second-order valence-corrected chi connectivity index (χ2v) is 14.9. The number of hydrogen-bond donors (Lipinski definition) is 0. The van der Waals surface area contributed by atoms with Crippen molar-refractivity contribution < 1.29 is 18.3 Å². The number of nitrogens with zero attached hydrogens (tertiary/aromatic N) is 5. The first-order valence-corrected chi connectivity index (χ1v) is 15.9. The molecular weight excluding hydrogens is 501 g/mol. The maximum Gasteiger partial charge on any atom is 0.316 e. The summed E-state index contributed by atoms with van der Waals surface area (Å²) in [6.07, 6.45) is 5.48. The maximum atomic E-state index is 15.4. The van der Waals surface area contributed by atoms with Gasteiger partial charge in [-0.1, -0.05) is 32.9 Å². The molecule has 1 aromatic heterocycles. The molecule has 0 N–H and O–H groups in total. The molecule has 208 valence electrons. The Morgan fingerprint density at radius 1 is 1.05 bits per heavy atom. The number of benzene rings is 1. The lowest BCUT2D eigenvalue weighted by Crippen LogP contribution is -2.47. The summed E-state index contributed by atoms with van der Waals surface area (Å²) in [7, 11) is -1.42. The molecule has 1 aromatic carbocycles. The molecule has 1 amide bonds. The van der Waals surface area contributed by atoms with Crippen molar-refractivity contribution in [1.82, 2.24) is 14.9 Å². The molecule has 2 aromatic rings. The van der Waals surface area contributed by atoms with Gasteiger partial charge in [-0.05, 0) is 36.4 Å². The smallest absolute Gasteiger partial charge is 0.316 e.